The minimum Gasteiger partial charge on any atom is -0.337 e. The average Bonchev–Trinajstić information content (AvgIpc) is 2.53. The van der Waals surface area contributed by atoms with Crippen LogP contribution in [-0.4, -0.2) is 34.2 Å². The van der Waals surface area contributed by atoms with Crippen molar-refractivity contribution in [3.63, 3.8) is 0 Å². The summed E-state index contributed by atoms with van der Waals surface area (Å²) in [6.45, 7) is 1.67. The van der Waals surface area contributed by atoms with E-state index in [1.165, 1.54) is 6.42 Å². The van der Waals surface area contributed by atoms with Gasteiger partial charge in [0.05, 0.1) is 0 Å². The van der Waals surface area contributed by atoms with E-state index < -0.39 is 0 Å². The molecular weight excluding hydrogens is 316 g/mol. The van der Waals surface area contributed by atoms with Gasteiger partial charge >= 0.3 is 0 Å². The molecule has 1 aromatic carbocycles. The number of likely N-dealkylation sites (tertiary alicyclic amines) is 1. The molecule has 1 unspecified atom stereocenters. The van der Waals surface area contributed by atoms with E-state index in [0.29, 0.717) is 11.6 Å². The average molecular weight is 333 g/mol. The van der Waals surface area contributed by atoms with Gasteiger partial charge < -0.3 is 4.90 Å². The Morgan fingerprint density at radius 3 is 3.05 bits per heavy atom. The second-order valence-corrected chi connectivity index (χ2v) is 5.94. The van der Waals surface area contributed by atoms with Crippen molar-refractivity contribution in [1.29, 1.82) is 0 Å². The number of benzene rings is 1. The summed E-state index contributed by atoms with van der Waals surface area (Å²) >= 11 is 3.53. The summed E-state index contributed by atoms with van der Waals surface area (Å²) < 4.78 is 0. The highest BCUT2D eigenvalue weighted by Gasteiger charge is 2.25. The predicted octanol–water partition coefficient (Wildman–Crippen LogP) is 3.48. The van der Waals surface area contributed by atoms with Gasteiger partial charge in [0.1, 0.15) is 5.69 Å². The maximum atomic E-state index is 12.7. The maximum absolute atomic E-state index is 12.7. The highest BCUT2D eigenvalue weighted by atomic mass is 79.9. The second-order valence-electron chi connectivity index (χ2n) is 5.29. The minimum atomic E-state index is 0.0625. The Morgan fingerprint density at radius 1 is 1.35 bits per heavy atom. The van der Waals surface area contributed by atoms with Crippen LogP contribution in [0.5, 0.6) is 0 Å². The molecule has 2 aromatic rings. The molecule has 0 spiro atoms. The number of rotatable bonds is 2. The molecule has 1 aliphatic heterocycles. The normalized spacial score (nSPS) is 19.2. The van der Waals surface area contributed by atoms with E-state index in [4.69, 9.17) is 0 Å². The zero-order valence-corrected chi connectivity index (χ0v) is 12.8. The zero-order chi connectivity index (χ0) is 13.9. The Balaban J connectivity index is 1.92. The van der Waals surface area contributed by atoms with Crippen molar-refractivity contribution >= 4 is 32.6 Å². The third-order valence-corrected chi connectivity index (χ3v) is 4.82. The molecule has 1 saturated heterocycles. The first-order valence-corrected chi connectivity index (χ1v) is 8.10. The number of aromatic nitrogens is 1. The van der Waals surface area contributed by atoms with Crippen molar-refractivity contribution in [3.05, 3.63) is 42.2 Å². The van der Waals surface area contributed by atoms with Gasteiger partial charge in [0, 0.05) is 30.0 Å². The first-order valence-electron chi connectivity index (χ1n) is 6.98. The largest absolute Gasteiger partial charge is 0.337 e. The fourth-order valence-corrected chi connectivity index (χ4v) is 3.34. The number of carbonyl (C=O) groups excluding carboxylic acids is 1. The topological polar surface area (TPSA) is 33.2 Å². The second kappa shape index (κ2) is 5.92. The lowest BCUT2D eigenvalue weighted by atomic mass is 9.99. The third-order valence-electron chi connectivity index (χ3n) is 3.90. The summed E-state index contributed by atoms with van der Waals surface area (Å²) in [5, 5.41) is 2.97. The number of hydrogen-bond donors (Lipinski definition) is 0. The van der Waals surface area contributed by atoms with Crippen LogP contribution in [-0.2, 0) is 0 Å². The van der Waals surface area contributed by atoms with Crippen molar-refractivity contribution in [2.75, 3.05) is 18.4 Å². The molecule has 0 saturated carbocycles. The Bertz CT molecular complexity index is 623. The Hall–Kier alpha value is -1.42. The van der Waals surface area contributed by atoms with Crippen molar-refractivity contribution in [2.24, 2.45) is 5.92 Å². The quantitative estimate of drug-likeness (QED) is 0.789. The molecule has 0 N–H and O–H groups in total. The van der Waals surface area contributed by atoms with Crippen LogP contribution in [0.15, 0.2) is 36.5 Å². The van der Waals surface area contributed by atoms with E-state index >= 15 is 0 Å². The molecule has 1 amide bonds. The number of amides is 1. The monoisotopic (exact) mass is 332 g/mol. The van der Waals surface area contributed by atoms with E-state index in [1.54, 1.807) is 6.20 Å². The fraction of sp³-hybridized carbons (Fsp3) is 0.375. The number of hydrogen-bond acceptors (Lipinski definition) is 2. The zero-order valence-electron chi connectivity index (χ0n) is 11.3. The summed E-state index contributed by atoms with van der Waals surface area (Å²) in [4.78, 5) is 19.0. The van der Waals surface area contributed by atoms with Gasteiger partial charge in [0.15, 0.2) is 0 Å². The van der Waals surface area contributed by atoms with Crippen molar-refractivity contribution < 1.29 is 4.79 Å². The van der Waals surface area contributed by atoms with Crippen LogP contribution in [0.4, 0.5) is 0 Å². The third kappa shape index (κ3) is 2.57. The summed E-state index contributed by atoms with van der Waals surface area (Å²) in [5.41, 5.74) is 0.582. The lowest BCUT2D eigenvalue weighted by Gasteiger charge is -2.31. The first kappa shape index (κ1) is 13.6. The van der Waals surface area contributed by atoms with Crippen LogP contribution in [0.2, 0.25) is 0 Å². The van der Waals surface area contributed by atoms with E-state index in [0.717, 1.165) is 35.6 Å². The maximum Gasteiger partial charge on any atom is 0.273 e. The van der Waals surface area contributed by atoms with E-state index in [2.05, 4.69) is 20.9 Å². The Labute approximate surface area is 127 Å². The highest BCUT2D eigenvalue weighted by molar-refractivity contribution is 9.09. The van der Waals surface area contributed by atoms with Gasteiger partial charge in [0.2, 0.25) is 0 Å². The number of alkyl halides is 1. The molecule has 1 fully saturated rings. The SMILES string of the molecule is O=C(c1nccc2ccccc12)N1CCCC(CBr)C1. The molecule has 104 valence electrons. The molecule has 0 aliphatic carbocycles. The van der Waals surface area contributed by atoms with Crippen LogP contribution in [0.25, 0.3) is 10.8 Å². The molecule has 3 nitrogen and oxygen atoms in total. The van der Waals surface area contributed by atoms with Gasteiger partial charge in [-0.15, -0.1) is 0 Å². The number of nitrogens with zero attached hydrogens (tertiary/aromatic N) is 2. The number of pyridine rings is 1. The number of carbonyl (C=O) groups is 1. The van der Waals surface area contributed by atoms with E-state index in [9.17, 15) is 4.79 Å². The Kier molecular flexibility index (Phi) is 4.01. The smallest absolute Gasteiger partial charge is 0.273 e. The van der Waals surface area contributed by atoms with Crippen molar-refractivity contribution in [3.8, 4) is 0 Å². The minimum absolute atomic E-state index is 0.0625. The lowest BCUT2D eigenvalue weighted by Crippen LogP contribution is -2.40. The summed E-state index contributed by atoms with van der Waals surface area (Å²) in [7, 11) is 0. The molecule has 3 rings (SSSR count). The molecule has 2 heterocycles. The predicted molar refractivity (Wildman–Crippen MR) is 84.2 cm³/mol. The molecule has 4 heteroatoms. The number of halogens is 1. The summed E-state index contributed by atoms with van der Waals surface area (Å²) in [5.74, 6) is 0.620. The van der Waals surface area contributed by atoms with Gasteiger partial charge in [-0.1, -0.05) is 40.2 Å². The summed E-state index contributed by atoms with van der Waals surface area (Å²) in [6, 6.07) is 9.88. The first-order chi connectivity index (χ1) is 9.79. The number of fused-ring (bicyclic) bond motifs is 1. The highest BCUT2D eigenvalue weighted by Crippen LogP contribution is 2.22. The molecule has 20 heavy (non-hydrogen) atoms. The summed E-state index contributed by atoms with van der Waals surface area (Å²) in [6.07, 6.45) is 3.99. The molecule has 1 aromatic heterocycles. The van der Waals surface area contributed by atoms with Crippen LogP contribution >= 0.6 is 15.9 Å². The molecule has 1 aliphatic rings. The van der Waals surface area contributed by atoms with Crippen molar-refractivity contribution in [1.82, 2.24) is 9.88 Å². The van der Waals surface area contributed by atoms with Crippen molar-refractivity contribution in [2.45, 2.75) is 12.8 Å². The van der Waals surface area contributed by atoms with Gasteiger partial charge in [-0.2, -0.15) is 0 Å². The van der Waals surface area contributed by atoms with Crippen LogP contribution in [0, 0.1) is 5.92 Å². The standard InChI is InChI=1S/C16H17BrN2O/c17-10-12-4-3-9-19(11-12)16(20)15-14-6-2-1-5-13(14)7-8-18-15/h1-2,5-8,12H,3-4,9-11H2. The van der Waals surface area contributed by atoms with Gasteiger partial charge in [-0.05, 0) is 30.2 Å². The van der Waals surface area contributed by atoms with Gasteiger partial charge in [-0.3, -0.25) is 9.78 Å². The van der Waals surface area contributed by atoms with Crippen LogP contribution in [0.3, 0.4) is 0 Å². The number of piperidine rings is 1. The van der Waals surface area contributed by atoms with Crippen LogP contribution in [0.1, 0.15) is 23.3 Å². The van der Waals surface area contributed by atoms with Gasteiger partial charge in [0.25, 0.3) is 5.91 Å². The fourth-order valence-electron chi connectivity index (χ4n) is 2.82. The molecule has 0 bridgehead atoms. The molecular formula is C16H17BrN2O. The van der Waals surface area contributed by atoms with Crippen LogP contribution < -0.4 is 0 Å². The van der Waals surface area contributed by atoms with E-state index in [1.807, 2.05) is 35.2 Å². The Morgan fingerprint density at radius 2 is 2.20 bits per heavy atom. The molecule has 1 atom stereocenters. The van der Waals surface area contributed by atoms with E-state index in [-0.39, 0.29) is 5.91 Å². The van der Waals surface area contributed by atoms with Gasteiger partial charge in [-0.25, -0.2) is 0 Å². The molecule has 0 radical (unpaired) electrons. The lowest BCUT2D eigenvalue weighted by molar-refractivity contribution is 0.0682.